The highest BCUT2D eigenvalue weighted by Gasteiger charge is 2.43. The molecule has 1 heterocycles. The Morgan fingerprint density at radius 2 is 1.73 bits per heavy atom. The molecule has 0 spiro atoms. The van der Waals surface area contributed by atoms with Gasteiger partial charge in [0.1, 0.15) is 0 Å². The van der Waals surface area contributed by atoms with E-state index in [1.165, 1.54) is 0 Å². The number of benzene rings is 2. The summed E-state index contributed by atoms with van der Waals surface area (Å²) >= 11 is 5.97. The monoisotopic (exact) mass is 311 g/mol. The first kappa shape index (κ1) is 14.9. The molecule has 1 aliphatic rings. The van der Waals surface area contributed by atoms with Crippen molar-refractivity contribution in [3.63, 3.8) is 0 Å². The Morgan fingerprint density at radius 3 is 2.36 bits per heavy atom. The number of nitrogens with zero attached hydrogens (tertiary/aromatic N) is 1. The highest BCUT2D eigenvalue weighted by atomic mass is 35.5. The van der Waals surface area contributed by atoms with Crippen LogP contribution in [-0.2, 0) is 10.3 Å². The number of rotatable bonds is 2. The smallest absolute Gasteiger partial charge is 0.181 e. The summed E-state index contributed by atoms with van der Waals surface area (Å²) in [6, 6.07) is 17.7. The maximum Gasteiger partial charge on any atom is 0.181 e. The normalized spacial score (nSPS) is 23.3. The molecule has 0 aliphatic carbocycles. The average molecular weight is 312 g/mol. The molecule has 0 amide bonds. The lowest BCUT2D eigenvalue weighted by Crippen LogP contribution is -2.34. The van der Waals surface area contributed by atoms with Crippen LogP contribution in [0.3, 0.4) is 0 Å². The van der Waals surface area contributed by atoms with Gasteiger partial charge in [0.05, 0.1) is 11.2 Å². The van der Waals surface area contributed by atoms with Crippen molar-refractivity contribution in [1.29, 1.82) is 0 Å². The van der Waals surface area contributed by atoms with E-state index in [0.29, 0.717) is 11.4 Å². The van der Waals surface area contributed by atoms with Crippen molar-refractivity contribution < 1.29 is 4.79 Å². The molecule has 22 heavy (non-hydrogen) atoms. The van der Waals surface area contributed by atoms with Crippen LogP contribution in [0.5, 0.6) is 0 Å². The molecule has 0 radical (unpaired) electrons. The van der Waals surface area contributed by atoms with E-state index in [2.05, 4.69) is 11.8 Å². The van der Waals surface area contributed by atoms with Gasteiger partial charge in [0.25, 0.3) is 0 Å². The number of carbonyl (C=O) groups excluding carboxylic acids is 1. The molecular formula is C19H18ClNO. The number of Topliss-reactive ketones (excluding diaryl/α,β-unsaturated/α-hetero) is 1. The molecule has 0 N–H and O–H groups in total. The molecule has 1 atom stereocenters. The van der Waals surface area contributed by atoms with E-state index in [9.17, 15) is 4.79 Å². The SMILES string of the molecule is CN1/C(=C/c2ccccc2)C(=O)C[C@@]1(C)c1ccc(Cl)cc1. The summed E-state index contributed by atoms with van der Waals surface area (Å²) in [7, 11) is 1.98. The minimum atomic E-state index is -0.331. The predicted molar refractivity (Wildman–Crippen MR) is 90.6 cm³/mol. The molecule has 0 unspecified atom stereocenters. The summed E-state index contributed by atoms with van der Waals surface area (Å²) in [5.74, 6) is 0.170. The van der Waals surface area contributed by atoms with Gasteiger partial charge < -0.3 is 4.90 Å². The van der Waals surface area contributed by atoms with E-state index in [1.807, 2.05) is 67.7 Å². The number of hydrogen-bond acceptors (Lipinski definition) is 2. The van der Waals surface area contributed by atoms with Gasteiger partial charge in [-0.3, -0.25) is 4.79 Å². The van der Waals surface area contributed by atoms with Crippen LogP contribution in [0.1, 0.15) is 24.5 Å². The van der Waals surface area contributed by atoms with Gasteiger partial charge in [-0.05, 0) is 36.3 Å². The van der Waals surface area contributed by atoms with Gasteiger partial charge >= 0.3 is 0 Å². The quantitative estimate of drug-likeness (QED) is 0.761. The fraction of sp³-hybridized carbons (Fsp3) is 0.211. The number of likely N-dealkylation sites (N-methyl/N-ethyl adjacent to an activating group) is 1. The third kappa shape index (κ3) is 2.55. The maximum absolute atomic E-state index is 12.5. The van der Waals surface area contributed by atoms with E-state index >= 15 is 0 Å². The van der Waals surface area contributed by atoms with Gasteiger partial charge in [-0.1, -0.05) is 54.1 Å². The zero-order valence-electron chi connectivity index (χ0n) is 12.7. The van der Waals surface area contributed by atoms with Gasteiger partial charge in [-0.15, -0.1) is 0 Å². The zero-order chi connectivity index (χ0) is 15.7. The second kappa shape index (κ2) is 5.62. The largest absolute Gasteiger partial charge is 0.362 e. The summed E-state index contributed by atoms with van der Waals surface area (Å²) in [6.45, 7) is 2.10. The Hall–Kier alpha value is -2.06. The van der Waals surface area contributed by atoms with Crippen LogP contribution in [0.2, 0.25) is 5.02 Å². The summed E-state index contributed by atoms with van der Waals surface area (Å²) in [5, 5.41) is 0.708. The minimum absolute atomic E-state index is 0.170. The van der Waals surface area contributed by atoms with Crippen LogP contribution >= 0.6 is 11.6 Å². The van der Waals surface area contributed by atoms with E-state index in [4.69, 9.17) is 11.6 Å². The van der Waals surface area contributed by atoms with Crippen molar-refractivity contribution in [1.82, 2.24) is 4.90 Å². The Kier molecular flexibility index (Phi) is 3.79. The lowest BCUT2D eigenvalue weighted by molar-refractivity contribution is -0.114. The fourth-order valence-electron chi connectivity index (χ4n) is 2.96. The first-order valence-corrected chi connectivity index (χ1v) is 7.68. The standard InChI is InChI=1S/C19H18ClNO/c1-19(15-8-10-16(20)11-9-15)13-18(22)17(21(19)2)12-14-6-4-3-5-7-14/h3-12H,13H2,1-2H3/b17-12+/t19-/m0/s1. The fourth-order valence-corrected chi connectivity index (χ4v) is 3.09. The zero-order valence-corrected chi connectivity index (χ0v) is 13.5. The lowest BCUT2D eigenvalue weighted by Gasteiger charge is -2.34. The molecule has 2 aromatic rings. The number of allylic oxidation sites excluding steroid dienone is 1. The Balaban J connectivity index is 1.99. The Morgan fingerprint density at radius 1 is 1.09 bits per heavy atom. The van der Waals surface area contributed by atoms with Crippen LogP contribution in [0, 0.1) is 0 Å². The average Bonchev–Trinajstić information content (AvgIpc) is 2.73. The molecule has 3 rings (SSSR count). The number of carbonyl (C=O) groups is 1. The summed E-state index contributed by atoms with van der Waals surface area (Å²) in [4.78, 5) is 14.6. The molecule has 112 valence electrons. The highest BCUT2D eigenvalue weighted by molar-refractivity contribution is 6.30. The molecule has 1 saturated heterocycles. The van der Waals surface area contributed by atoms with Crippen LogP contribution in [-0.4, -0.2) is 17.7 Å². The third-order valence-corrected chi connectivity index (χ3v) is 4.71. The molecule has 0 aromatic heterocycles. The minimum Gasteiger partial charge on any atom is -0.362 e. The second-order valence-corrected chi connectivity index (χ2v) is 6.32. The van der Waals surface area contributed by atoms with Gasteiger partial charge in [0.2, 0.25) is 0 Å². The number of likely N-dealkylation sites (tertiary alicyclic amines) is 1. The van der Waals surface area contributed by atoms with Crippen molar-refractivity contribution >= 4 is 23.5 Å². The van der Waals surface area contributed by atoms with Crippen LogP contribution in [0.4, 0.5) is 0 Å². The van der Waals surface area contributed by atoms with Crippen LogP contribution in [0.15, 0.2) is 60.3 Å². The molecule has 0 saturated carbocycles. The van der Waals surface area contributed by atoms with Crippen LogP contribution in [0.25, 0.3) is 6.08 Å². The molecule has 2 nitrogen and oxygen atoms in total. The highest BCUT2D eigenvalue weighted by Crippen LogP contribution is 2.41. The Bertz CT molecular complexity index is 721. The van der Waals surface area contributed by atoms with Gasteiger partial charge in [0, 0.05) is 18.5 Å². The lowest BCUT2D eigenvalue weighted by atomic mass is 9.89. The molecule has 1 fully saturated rings. The van der Waals surface area contributed by atoms with Gasteiger partial charge in [-0.25, -0.2) is 0 Å². The van der Waals surface area contributed by atoms with Crippen LogP contribution < -0.4 is 0 Å². The van der Waals surface area contributed by atoms with Gasteiger partial charge in [0.15, 0.2) is 5.78 Å². The molecule has 2 aromatic carbocycles. The van der Waals surface area contributed by atoms with E-state index in [-0.39, 0.29) is 11.3 Å². The van der Waals surface area contributed by atoms with E-state index in [1.54, 1.807) is 0 Å². The first-order valence-electron chi connectivity index (χ1n) is 7.30. The molecule has 1 aliphatic heterocycles. The van der Waals surface area contributed by atoms with Crippen molar-refractivity contribution in [2.75, 3.05) is 7.05 Å². The summed E-state index contributed by atoms with van der Waals surface area (Å²) in [5.41, 5.74) is 2.56. The molecule has 0 bridgehead atoms. The van der Waals surface area contributed by atoms with E-state index in [0.717, 1.165) is 16.8 Å². The first-order chi connectivity index (χ1) is 10.5. The molecule has 3 heteroatoms. The second-order valence-electron chi connectivity index (χ2n) is 5.88. The number of ketones is 1. The topological polar surface area (TPSA) is 20.3 Å². The third-order valence-electron chi connectivity index (χ3n) is 4.46. The van der Waals surface area contributed by atoms with Crippen molar-refractivity contribution in [2.24, 2.45) is 0 Å². The van der Waals surface area contributed by atoms with Gasteiger partial charge in [-0.2, -0.15) is 0 Å². The summed E-state index contributed by atoms with van der Waals surface area (Å²) < 4.78 is 0. The number of hydrogen-bond donors (Lipinski definition) is 0. The van der Waals surface area contributed by atoms with E-state index < -0.39 is 0 Å². The molecular weight excluding hydrogens is 294 g/mol. The van der Waals surface area contributed by atoms with Crippen molar-refractivity contribution in [3.05, 3.63) is 76.4 Å². The Labute approximate surface area is 136 Å². The van der Waals surface area contributed by atoms with Crippen molar-refractivity contribution in [3.8, 4) is 0 Å². The summed E-state index contributed by atoms with van der Waals surface area (Å²) in [6.07, 6.45) is 2.44. The number of halogens is 1. The van der Waals surface area contributed by atoms with Crippen molar-refractivity contribution in [2.45, 2.75) is 18.9 Å². The maximum atomic E-state index is 12.5. The predicted octanol–water partition coefficient (Wildman–Crippen LogP) is 4.50.